The van der Waals surface area contributed by atoms with Crippen LogP contribution in [0.25, 0.3) is 16.9 Å². The number of aryl methyl sites for hydroxylation is 1. The molecule has 2 heterocycles. The van der Waals surface area contributed by atoms with Crippen LogP contribution in [0.3, 0.4) is 0 Å². The molecule has 2 aromatic heterocycles. The lowest BCUT2D eigenvalue weighted by atomic mass is 10.1. The number of hydrogen-bond acceptors (Lipinski definition) is 3. The van der Waals surface area contributed by atoms with Crippen LogP contribution in [0.5, 0.6) is 0 Å². The summed E-state index contributed by atoms with van der Waals surface area (Å²) in [5.74, 6) is 0.0333. The summed E-state index contributed by atoms with van der Waals surface area (Å²) in [6.45, 7) is 3.61. The standard InChI is InChI=1S/C16H17N3O2S/c1-3-22(20,21)18-14-9-5-4-8-13(14)15-11-19-10-6-7-12(2)16(19)17-15/h4-11,18H,3H2,1-2H3. The number of hydrogen-bond donors (Lipinski definition) is 1. The molecule has 114 valence electrons. The highest BCUT2D eigenvalue weighted by atomic mass is 32.2. The van der Waals surface area contributed by atoms with E-state index in [-0.39, 0.29) is 5.75 Å². The third kappa shape index (κ3) is 2.69. The van der Waals surface area contributed by atoms with Crippen molar-refractivity contribution in [3.63, 3.8) is 0 Å². The van der Waals surface area contributed by atoms with Crippen LogP contribution in [-0.4, -0.2) is 23.6 Å². The predicted octanol–water partition coefficient (Wildman–Crippen LogP) is 3.07. The van der Waals surface area contributed by atoms with Gasteiger partial charge in [0.25, 0.3) is 0 Å². The number of benzene rings is 1. The molecule has 6 heteroatoms. The smallest absolute Gasteiger partial charge is 0.232 e. The molecule has 22 heavy (non-hydrogen) atoms. The molecule has 0 saturated carbocycles. The van der Waals surface area contributed by atoms with Gasteiger partial charge in [0.15, 0.2) is 0 Å². The zero-order valence-corrected chi connectivity index (χ0v) is 13.3. The van der Waals surface area contributed by atoms with Crippen LogP contribution < -0.4 is 4.72 Å². The fraction of sp³-hybridized carbons (Fsp3) is 0.188. The molecule has 1 aromatic carbocycles. The van der Waals surface area contributed by atoms with Crippen LogP contribution >= 0.6 is 0 Å². The van der Waals surface area contributed by atoms with Gasteiger partial charge in [0.1, 0.15) is 5.65 Å². The lowest BCUT2D eigenvalue weighted by molar-refractivity contribution is 0.602. The minimum atomic E-state index is -3.33. The van der Waals surface area contributed by atoms with E-state index in [0.717, 1.165) is 22.5 Å². The second-order valence-corrected chi connectivity index (χ2v) is 7.11. The van der Waals surface area contributed by atoms with Gasteiger partial charge in [-0.15, -0.1) is 0 Å². The Kier molecular flexibility index (Phi) is 3.62. The van der Waals surface area contributed by atoms with E-state index in [0.29, 0.717) is 5.69 Å². The number of fused-ring (bicyclic) bond motifs is 1. The second kappa shape index (κ2) is 5.46. The van der Waals surface area contributed by atoms with Crippen LogP contribution in [0.15, 0.2) is 48.8 Å². The van der Waals surface area contributed by atoms with E-state index < -0.39 is 10.0 Å². The van der Waals surface area contributed by atoms with Gasteiger partial charge in [-0.25, -0.2) is 13.4 Å². The van der Waals surface area contributed by atoms with E-state index in [4.69, 9.17) is 0 Å². The molecule has 0 bridgehead atoms. The fourth-order valence-electron chi connectivity index (χ4n) is 2.32. The average molecular weight is 315 g/mol. The third-order valence-corrected chi connectivity index (χ3v) is 4.82. The molecule has 3 aromatic rings. The number of nitrogens with zero attached hydrogens (tertiary/aromatic N) is 2. The maximum Gasteiger partial charge on any atom is 0.232 e. The van der Waals surface area contributed by atoms with Crippen molar-refractivity contribution in [2.24, 2.45) is 0 Å². The predicted molar refractivity (Wildman–Crippen MR) is 88.4 cm³/mol. The van der Waals surface area contributed by atoms with Crippen molar-refractivity contribution < 1.29 is 8.42 Å². The Labute approximate surface area is 129 Å². The van der Waals surface area contributed by atoms with E-state index in [1.165, 1.54) is 0 Å². The van der Waals surface area contributed by atoms with Crippen molar-refractivity contribution in [1.29, 1.82) is 0 Å². The van der Waals surface area contributed by atoms with Gasteiger partial charge < -0.3 is 4.40 Å². The molecule has 0 amide bonds. The maximum atomic E-state index is 11.8. The lowest BCUT2D eigenvalue weighted by Crippen LogP contribution is -2.15. The Bertz CT molecular complexity index is 929. The number of anilines is 1. The van der Waals surface area contributed by atoms with Crippen molar-refractivity contribution in [2.45, 2.75) is 13.8 Å². The lowest BCUT2D eigenvalue weighted by Gasteiger charge is -2.09. The van der Waals surface area contributed by atoms with Gasteiger partial charge in [0, 0.05) is 18.0 Å². The highest BCUT2D eigenvalue weighted by molar-refractivity contribution is 7.92. The Morgan fingerprint density at radius 1 is 1.18 bits per heavy atom. The number of pyridine rings is 1. The first-order valence-corrected chi connectivity index (χ1v) is 8.69. The normalized spacial score (nSPS) is 11.7. The van der Waals surface area contributed by atoms with Gasteiger partial charge in [0.2, 0.25) is 10.0 Å². The van der Waals surface area contributed by atoms with Crippen LogP contribution in [0, 0.1) is 6.92 Å². The minimum absolute atomic E-state index is 0.0333. The van der Waals surface area contributed by atoms with Crippen molar-refractivity contribution >= 4 is 21.4 Å². The molecule has 1 N–H and O–H groups in total. The van der Waals surface area contributed by atoms with Gasteiger partial charge in [0.05, 0.1) is 17.1 Å². The highest BCUT2D eigenvalue weighted by Gasteiger charge is 2.14. The molecular weight excluding hydrogens is 298 g/mol. The Morgan fingerprint density at radius 3 is 2.68 bits per heavy atom. The molecule has 0 aliphatic rings. The largest absolute Gasteiger partial charge is 0.306 e. The van der Waals surface area contributed by atoms with Gasteiger partial charge in [-0.2, -0.15) is 0 Å². The summed E-state index contributed by atoms with van der Waals surface area (Å²) in [5, 5.41) is 0. The van der Waals surface area contributed by atoms with E-state index in [1.54, 1.807) is 19.1 Å². The van der Waals surface area contributed by atoms with E-state index >= 15 is 0 Å². The summed E-state index contributed by atoms with van der Waals surface area (Å²) in [7, 11) is -3.33. The zero-order chi connectivity index (χ0) is 15.7. The molecule has 0 atom stereocenters. The third-order valence-electron chi connectivity index (χ3n) is 3.53. The van der Waals surface area contributed by atoms with Crippen molar-refractivity contribution in [3.8, 4) is 11.3 Å². The number of sulfonamides is 1. The number of aromatic nitrogens is 2. The fourth-order valence-corrected chi connectivity index (χ4v) is 2.98. The highest BCUT2D eigenvalue weighted by Crippen LogP contribution is 2.28. The van der Waals surface area contributed by atoms with E-state index in [1.807, 2.05) is 48.0 Å². The Balaban J connectivity index is 2.13. The molecule has 0 fully saturated rings. The summed E-state index contributed by atoms with van der Waals surface area (Å²) in [6, 6.07) is 11.2. The number of rotatable bonds is 4. The van der Waals surface area contributed by atoms with Gasteiger partial charge in [-0.05, 0) is 31.5 Å². The molecule has 0 aliphatic heterocycles. The summed E-state index contributed by atoms with van der Waals surface area (Å²) in [6.07, 6.45) is 3.83. The molecular formula is C16H17N3O2S. The number of para-hydroxylation sites is 1. The first-order valence-electron chi connectivity index (χ1n) is 7.04. The van der Waals surface area contributed by atoms with Crippen LogP contribution in [0.1, 0.15) is 12.5 Å². The molecule has 5 nitrogen and oxygen atoms in total. The molecule has 0 saturated heterocycles. The number of nitrogens with one attached hydrogen (secondary N) is 1. The first kappa shape index (κ1) is 14.6. The quantitative estimate of drug-likeness (QED) is 0.805. The van der Waals surface area contributed by atoms with Gasteiger partial charge >= 0.3 is 0 Å². The van der Waals surface area contributed by atoms with Gasteiger partial charge in [-0.3, -0.25) is 4.72 Å². The first-order chi connectivity index (χ1) is 10.5. The van der Waals surface area contributed by atoms with E-state index in [9.17, 15) is 8.42 Å². The second-order valence-electron chi connectivity index (χ2n) is 5.10. The molecule has 3 rings (SSSR count). The van der Waals surface area contributed by atoms with Crippen molar-refractivity contribution in [3.05, 3.63) is 54.4 Å². The Hall–Kier alpha value is -2.34. The Morgan fingerprint density at radius 2 is 1.95 bits per heavy atom. The maximum absolute atomic E-state index is 11.8. The molecule has 0 aliphatic carbocycles. The van der Waals surface area contributed by atoms with Crippen molar-refractivity contribution in [1.82, 2.24) is 9.38 Å². The topological polar surface area (TPSA) is 63.5 Å². The number of imidazole rings is 1. The zero-order valence-electron chi connectivity index (χ0n) is 12.4. The summed E-state index contributed by atoms with van der Waals surface area (Å²) < 4.78 is 28.2. The molecule has 0 unspecified atom stereocenters. The SMILES string of the molecule is CCS(=O)(=O)Nc1ccccc1-c1cn2cccc(C)c2n1. The summed E-state index contributed by atoms with van der Waals surface area (Å²) >= 11 is 0. The summed E-state index contributed by atoms with van der Waals surface area (Å²) in [5.41, 5.74) is 3.99. The molecule has 0 radical (unpaired) electrons. The van der Waals surface area contributed by atoms with Crippen LogP contribution in [0.2, 0.25) is 0 Å². The van der Waals surface area contributed by atoms with E-state index in [2.05, 4.69) is 9.71 Å². The van der Waals surface area contributed by atoms with Crippen LogP contribution in [0.4, 0.5) is 5.69 Å². The summed E-state index contributed by atoms with van der Waals surface area (Å²) in [4.78, 5) is 4.63. The average Bonchev–Trinajstić information content (AvgIpc) is 2.93. The van der Waals surface area contributed by atoms with Gasteiger partial charge in [-0.1, -0.05) is 24.3 Å². The monoisotopic (exact) mass is 315 g/mol. The van der Waals surface area contributed by atoms with Crippen LogP contribution in [-0.2, 0) is 10.0 Å². The van der Waals surface area contributed by atoms with Crippen molar-refractivity contribution in [2.75, 3.05) is 10.5 Å². The molecule has 0 spiro atoms. The minimum Gasteiger partial charge on any atom is -0.306 e.